The number of Topliss-reactive ketones (excluding diaryl/α,β-unsaturated/α-hetero) is 1. The molecule has 44 heavy (non-hydrogen) atoms. The van der Waals surface area contributed by atoms with E-state index in [1.165, 1.54) is 4.57 Å². The fraction of sp³-hybridized carbons (Fsp3) is 0.469. The van der Waals surface area contributed by atoms with Crippen LogP contribution in [0.2, 0.25) is 0 Å². The number of allylic oxidation sites excluding steroid dienone is 2. The highest BCUT2D eigenvalue weighted by Gasteiger charge is 2.29. The van der Waals surface area contributed by atoms with Crippen molar-refractivity contribution >= 4 is 29.0 Å². The topological polar surface area (TPSA) is 130 Å². The average molecular weight is 607 g/mol. The first kappa shape index (κ1) is 32.3. The number of nitrogens with zero attached hydrogens (tertiary/aromatic N) is 5. The molecule has 2 aromatic heterocycles. The van der Waals surface area contributed by atoms with Crippen molar-refractivity contribution in [1.29, 1.82) is 0 Å². The van der Waals surface area contributed by atoms with E-state index in [0.29, 0.717) is 36.9 Å². The number of amides is 1. The number of carbonyl (C=O) groups is 2. The van der Waals surface area contributed by atoms with Gasteiger partial charge >= 0.3 is 11.8 Å². The van der Waals surface area contributed by atoms with Gasteiger partial charge in [0.2, 0.25) is 5.95 Å². The lowest BCUT2D eigenvalue weighted by Crippen LogP contribution is -2.49. The van der Waals surface area contributed by atoms with Crippen LogP contribution >= 0.6 is 0 Å². The SMILES string of the molecule is C=CCOc1cccc(C(=O)Cn2c(=O)c3c(nc(N4CCCC(NC(=O)OC(C)(C)C)C4)n3CC=C(C)C)n(C)c2=O)c1. The summed E-state index contributed by atoms with van der Waals surface area (Å²) in [5.41, 5.74) is -0.0600. The third-order valence-corrected chi connectivity index (χ3v) is 7.15. The summed E-state index contributed by atoms with van der Waals surface area (Å²) < 4.78 is 15.0. The largest absolute Gasteiger partial charge is 0.490 e. The predicted octanol–water partition coefficient (Wildman–Crippen LogP) is 3.80. The number of anilines is 1. The van der Waals surface area contributed by atoms with Crippen molar-refractivity contribution in [3.63, 3.8) is 0 Å². The highest BCUT2D eigenvalue weighted by Crippen LogP contribution is 2.24. The van der Waals surface area contributed by atoms with Crippen molar-refractivity contribution in [2.45, 2.75) is 72.2 Å². The second-order valence-electron chi connectivity index (χ2n) is 12.2. The number of imidazole rings is 1. The Morgan fingerprint density at radius 2 is 1.93 bits per heavy atom. The maximum absolute atomic E-state index is 14.0. The van der Waals surface area contributed by atoms with Crippen LogP contribution in [0.4, 0.5) is 10.7 Å². The molecule has 1 saturated heterocycles. The Morgan fingerprint density at radius 3 is 2.61 bits per heavy atom. The molecule has 1 amide bonds. The first-order chi connectivity index (χ1) is 20.8. The van der Waals surface area contributed by atoms with E-state index in [1.807, 2.05) is 45.6 Å². The van der Waals surface area contributed by atoms with Gasteiger partial charge < -0.3 is 24.3 Å². The third-order valence-electron chi connectivity index (χ3n) is 7.15. The number of aryl methyl sites for hydroxylation is 1. The quantitative estimate of drug-likeness (QED) is 0.273. The van der Waals surface area contributed by atoms with Crippen molar-refractivity contribution < 1.29 is 19.1 Å². The van der Waals surface area contributed by atoms with Crippen molar-refractivity contribution in [1.82, 2.24) is 24.0 Å². The smallest absolute Gasteiger partial charge is 0.407 e. The number of aromatic nitrogens is 4. The summed E-state index contributed by atoms with van der Waals surface area (Å²) in [6, 6.07) is 6.40. The van der Waals surface area contributed by atoms with Crippen molar-refractivity contribution in [3.05, 3.63) is 75.0 Å². The molecule has 1 atom stereocenters. The number of rotatable bonds is 10. The van der Waals surface area contributed by atoms with E-state index in [4.69, 9.17) is 14.5 Å². The monoisotopic (exact) mass is 606 g/mol. The standard InChI is InChI=1S/C32H42N6O6/c1-8-17-43-24-13-9-11-22(18-24)25(39)20-38-28(40)26-27(35(7)31(38)42)34-29(37(26)16-14-21(2)3)36-15-10-12-23(19-36)33-30(41)44-32(4,5)6/h8-9,11,13-14,18,23H,1,10,12,15-17,19-20H2,2-7H3,(H,33,41). The first-order valence-corrected chi connectivity index (χ1v) is 14.7. The number of piperidine rings is 1. The first-order valence-electron chi connectivity index (χ1n) is 14.7. The normalized spacial score (nSPS) is 15.1. The summed E-state index contributed by atoms with van der Waals surface area (Å²) in [5, 5.41) is 2.95. The van der Waals surface area contributed by atoms with E-state index >= 15 is 0 Å². The summed E-state index contributed by atoms with van der Waals surface area (Å²) in [4.78, 5) is 60.0. The molecule has 12 nitrogen and oxygen atoms in total. The van der Waals surface area contributed by atoms with Crippen molar-refractivity contribution in [3.8, 4) is 5.75 Å². The zero-order valence-corrected chi connectivity index (χ0v) is 26.4. The number of fused-ring (bicyclic) bond motifs is 1. The lowest BCUT2D eigenvalue weighted by molar-refractivity contribution is 0.0499. The molecule has 12 heteroatoms. The Labute approximate surface area is 256 Å². The van der Waals surface area contributed by atoms with Gasteiger partial charge in [-0.2, -0.15) is 4.98 Å². The molecule has 1 unspecified atom stereocenters. The maximum Gasteiger partial charge on any atom is 0.407 e. The molecule has 4 rings (SSSR count). The summed E-state index contributed by atoms with van der Waals surface area (Å²) in [7, 11) is 1.54. The summed E-state index contributed by atoms with van der Waals surface area (Å²) in [6.07, 6.45) is 4.62. The number of carbonyl (C=O) groups excluding carboxylic acids is 2. The second kappa shape index (κ2) is 13.4. The van der Waals surface area contributed by atoms with Gasteiger partial charge in [0.15, 0.2) is 16.9 Å². The van der Waals surface area contributed by atoms with Gasteiger partial charge in [-0.1, -0.05) is 36.4 Å². The zero-order valence-electron chi connectivity index (χ0n) is 26.4. The highest BCUT2D eigenvalue weighted by atomic mass is 16.6. The number of hydrogen-bond acceptors (Lipinski definition) is 8. The van der Waals surface area contributed by atoms with Gasteiger partial charge in [0.25, 0.3) is 5.56 Å². The summed E-state index contributed by atoms with van der Waals surface area (Å²) in [5.74, 6) is 0.587. The molecule has 1 aliphatic heterocycles. The molecule has 0 radical (unpaired) electrons. The van der Waals surface area contributed by atoms with Gasteiger partial charge in [0, 0.05) is 38.3 Å². The molecule has 3 aromatic rings. The Bertz CT molecular complexity index is 1700. The molecule has 1 aromatic carbocycles. The van der Waals surface area contributed by atoms with E-state index in [-0.39, 0.29) is 23.8 Å². The van der Waals surface area contributed by atoms with Crippen LogP contribution < -0.4 is 26.2 Å². The number of ketones is 1. The predicted molar refractivity (Wildman–Crippen MR) is 170 cm³/mol. The van der Waals surface area contributed by atoms with E-state index in [9.17, 15) is 19.2 Å². The fourth-order valence-corrected chi connectivity index (χ4v) is 5.09. The summed E-state index contributed by atoms with van der Waals surface area (Å²) in [6.45, 7) is 14.2. The third kappa shape index (κ3) is 7.47. The number of alkyl carbamates (subject to hydrolysis) is 1. The molecule has 3 heterocycles. The van der Waals surface area contributed by atoms with Gasteiger partial charge in [0.1, 0.15) is 18.0 Å². The van der Waals surface area contributed by atoms with Gasteiger partial charge in [-0.15, -0.1) is 0 Å². The van der Waals surface area contributed by atoms with Crippen LogP contribution in [-0.4, -0.2) is 61.9 Å². The van der Waals surface area contributed by atoms with Crippen LogP contribution in [0.15, 0.2) is 58.2 Å². The van der Waals surface area contributed by atoms with Gasteiger partial charge in [-0.25, -0.2) is 9.59 Å². The van der Waals surface area contributed by atoms with E-state index in [1.54, 1.807) is 42.0 Å². The average Bonchev–Trinajstić information content (AvgIpc) is 3.35. The molecule has 1 fully saturated rings. The van der Waals surface area contributed by atoms with Gasteiger partial charge in [0.05, 0.1) is 6.54 Å². The summed E-state index contributed by atoms with van der Waals surface area (Å²) >= 11 is 0. The minimum absolute atomic E-state index is 0.195. The van der Waals surface area contributed by atoms with E-state index in [0.717, 1.165) is 23.0 Å². The van der Waals surface area contributed by atoms with Crippen LogP contribution in [0.5, 0.6) is 5.75 Å². The molecule has 0 bridgehead atoms. The van der Waals surface area contributed by atoms with Crippen LogP contribution in [-0.2, 0) is 24.9 Å². The van der Waals surface area contributed by atoms with Crippen LogP contribution in [0.3, 0.4) is 0 Å². The number of ether oxygens (including phenoxy) is 2. The Balaban J connectivity index is 1.73. The Kier molecular flexibility index (Phi) is 9.81. The van der Waals surface area contributed by atoms with Crippen LogP contribution in [0.1, 0.15) is 57.8 Å². The number of nitrogens with one attached hydrogen (secondary N) is 1. The molecule has 1 N–H and O–H groups in total. The van der Waals surface area contributed by atoms with Gasteiger partial charge in [-0.3, -0.25) is 18.7 Å². The zero-order chi connectivity index (χ0) is 32.2. The lowest BCUT2D eigenvalue weighted by Gasteiger charge is -2.34. The highest BCUT2D eigenvalue weighted by molar-refractivity contribution is 5.96. The Hall–Kier alpha value is -4.61. The molecule has 0 spiro atoms. The Morgan fingerprint density at radius 1 is 1.18 bits per heavy atom. The van der Waals surface area contributed by atoms with E-state index < -0.39 is 35.3 Å². The lowest BCUT2D eigenvalue weighted by atomic mass is 10.1. The maximum atomic E-state index is 14.0. The number of benzene rings is 1. The minimum atomic E-state index is -0.642. The minimum Gasteiger partial charge on any atom is -0.490 e. The molecular formula is C32H42N6O6. The van der Waals surface area contributed by atoms with Gasteiger partial charge in [-0.05, 0) is 59.6 Å². The molecule has 0 aliphatic carbocycles. The van der Waals surface area contributed by atoms with Crippen LogP contribution in [0, 0.1) is 0 Å². The second-order valence-corrected chi connectivity index (χ2v) is 12.2. The molecule has 236 valence electrons. The molecule has 1 aliphatic rings. The van der Waals surface area contributed by atoms with Crippen molar-refractivity contribution in [2.75, 3.05) is 24.6 Å². The molecule has 0 saturated carbocycles. The van der Waals surface area contributed by atoms with Crippen molar-refractivity contribution in [2.24, 2.45) is 7.05 Å². The van der Waals surface area contributed by atoms with E-state index in [2.05, 4.69) is 11.9 Å². The molecular weight excluding hydrogens is 564 g/mol. The fourth-order valence-electron chi connectivity index (χ4n) is 5.09. The number of hydrogen-bond donors (Lipinski definition) is 1. The van der Waals surface area contributed by atoms with Crippen LogP contribution in [0.25, 0.3) is 11.2 Å².